The number of rotatable bonds is 8. The third kappa shape index (κ3) is 4.80. The molecular weight excluding hydrogens is 501 g/mol. The number of aromatic nitrogens is 1. The normalized spacial score (nSPS) is 13.8. The van der Waals surface area contributed by atoms with Crippen molar-refractivity contribution in [1.29, 1.82) is 0 Å². The van der Waals surface area contributed by atoms with E-state index in [4.69, 9.17) is 4.98 Å². The molecule has 0 spiro atoms. The van der Waals surface area contributed by atoms with Crippen LogP contribution in [0.4, 0.5) is 13.2 Å². The lowest BCUT2D eigenvalue weighted by molar-refractivity contribution is -0.141. The van der Waals surface area contributed by atoms with Gasteiger partial charge in [0.25, 0.3) is 0 Å². The second kappa shape index (κ2) is 10.1. The number of benzene rings is 3. The molecule has 0 bridgehead atoms. The standard InChI is InChI=1S/C28H23F3N2OS2/c29-28(30,31)18-32-25(34)27(22-13-6-4-11-20(22)21-12-5-7-14-23(21)27)15-8-16-35-26-33-24(17-36-26)19-9-2-1-3-10-19/h1-7,9-14,17H,8,15-16,18H2,(H,32,34). The molecule has 0 radical (unpaired) electrons. The summed E-state index contributed by atoms with van der Waals surface area (Å²) in [7, 11) is 0. The molecule has 36 heavy (non-hydrogen) atoms. The topological polar surface area (TPSA) is 42.0 Å². The van der Waals surface area contributed by atoms with Crippen LogP contribution in [-0.2, 0) is 10.2 Å². The van der Waals surface area contributed by atoms with E-state index < -0.39 is 24.0 Å². The van der Waals surface area contributed by atoms with Gasteiger partial charge in [0.05, 0.1) is 5.69 Å². The number of hydrogen-bond acceptors (Lipinski definition) is 4. The summed E-state index contributed by atoms with van der Waals surface area (Å²) >= 11 is 3.17. The number of alkyl halides is 3. The molecule has 1 heterocycles. The van der Waals surface area contributed by atoms with Gasteiger partial charge in [-0.1, -0.05) is 90.6 Å². The van der Waals surface area contributed by atoms with E-state index in [9.17, 15) is 18.0 Å². The molecule has 1 amide bonds. The van der Waals surface area contributed by atoms with Crippen LogP contribution in [0.25, 0.3) is 22.4 Å². The van der Waals surface area contributed by atoms with Crippen molar-refractivity contribution in [2.45, 2.75) is 28.8 Å². The Labute approximate surface area is 215 Å². The largest absolute Gasteiger partial charge is 0.405 e. The van der Waals surface area contributed by atoms with Gasteiger partial charge >= 0.3 is 6.18 Å². The lowest BCUT2D eigenvalue weighted by atomic mass is 9.73. The Morgan fingerprint density at radius 1 is 0.917 bits per heavy atom. The first-order chi connectivity index (χ1) is 17.4. The van der Waals surface area contributed by atoms with Gasteiger partial charge in [0, 0.05) is 16.7 Å². The van der Waals surface area contributed by atoms with Crippen LogP contribution in [0.2, 0.25) is 0 Å². The fourth-order valence-corrected chi connectivity index (χ4v) is 6.69. The number of nitrogens with zero attached hydrogens (tertiary/aromatic N) is 1. The molecule has 1 N–H and O–H groups in total. The van der Waals surface area contributed by atoms with E-state index in [-0.39, 0.29) is 0 Å². The molecule has 184 valence electrons. The van der Waals surface area contributed by atoms with Gasteiger partial charge in [-0.3, -0.25) is 4.79 Å². The Morgan fingerprint density at radius 3 is 2.17 bits per heavy atom. The Hall–Kier alpha value is -3.10. The van der Waals surface area contributed by atoms with Crippen LogP contribution in [0.15, 0.2) is 88.6 Å². The zero-order valence-corrected chi connectivity index (χ0v) is 20.9. The summed E-state index contributed by atoms with van der Waals surface area (Å²) in [5.41, 5.74) is 4.13. The van der Waals surface area contributed by atoms with Crippen molar-refractivity contribution in [2.75, 3.05) is 12.3 Å². The molecule has 1 aromatic heterocycles. The van der Waals surface area contributed by atoms with Crippen LogP contribution >= 0.6 is 23.1 Å². The maximum Gasteiger partial charge on any atom is 0.405 e. The fourth-order valence-electron chi connectivity index (χ4n) is 4.85. The number of thioether (sulfide) groups is 1. The van der Waals surface area contributed by atoms with Crippen molar-refractivity contribution in [3.63, 3.8) is 0 Å². The smallest absolute Gasteiger partial charge is 0.346 e. The number of hydrogen-bond donors (Lipinski definition) is 1. The van der Waals surface area contributed by atoms with E-state index in [1.165, 1.54) is 0 Å². The van der Waals surface area contributed by atoms with Crippen LogP contribution < -0.4 is 5.32 Å². The minimum atomic E-state index is -4.48. The SMILES string of the molecule is O=C(NCC(F)(F)F)C1(CCCSc2nc(-c3ccccc3)cs2)c2ccccc2-c2ccccc21. The molecule has 1 aliphatic carbocycles. The maximum atomic E-state index is 13.5. The Bertz CT molecular complexity index is 1320. The molecule has 3 aromatic carbocycles. The van der Waals surface area contributed by atoms with Crippen LogP contribution in [0, 0.1) is 0 Å². The zero-order valence-electron chi connectivity index (χ0n) is 19.2. The van der Waals surface area contributed by atoms with Crippen molar-refractivity contribution in [3.05, 3.63) is 95.4 Å². The molecule has 0 saturated heterocycles. The van der Waals surface area contributed by atoms with Crippen molar-refractivity contribution in [3.8, 4) is 22.4 Å². The summed E-state index contributed by atoms with van der Waals surface area (Å²) in [4.78, 5) is 18.2. The number of amides is 1. The van der Waals surface area contributed by atoms with E-state index in [2.05, 4.69) is 5.32 Å². The van der Waals surface area contributed by atoms with E-state index >= 15 is 0 Å². The number of carbonyl (C=O) groups excluding carboxylic acids is 1. The summed E-state index contributed by atoms with van der Waals surface area (Å²) in [6.07, 6.45) is -3.45. The third-order valence-corrected chi connectivity index (χ3v) is 8.48. The maximum absolute atomic E-state index is 13.5. The molecule has 5 rings (SSSR count). The van der Waals surface area contributed by atoms with E-state index in [1.807, 2.05) is 84.2 Å². The van der Waals surface area contributed by atoms with Gasteiger partial charge in [-0.2, -0.15) is 13.2 Å². The minimum Gasteiger partial charge on any atom is -0.346 e. The monoisotopic (exact) mass is 524 g/mol. The van der Waals surface area contributed by atoms with Gasteiger partial charge in [-0.25, -0.2) is 4.98 Å². The number of carbonyl (C=O) groups is 1. The second-order valence-corrected chi connectivity index (χ2v) is 10.8. The third-order valence-electron chi connectivity index (χ3n) is 6.38. The molecule has 4 aromatic rings. The Morgan fingerprint density at radius 2 is 1.53 bits per heavy atom. The summed E-state index contributed by atoms with van der Waals surface area (Å²) in [5.74, 6) is 0.0863. The lowest BCUT2D eigenvalue weighted by Crippen LogP contribution is -2.47. The number of fused-ring (bicyclic) bond motifs is 3. The van der Waals surface area contributed by atoms with Crippen LogP contribution in [0.1, 0.15) is 24.0 Å². The van der Waals surface area contributed by atoms with Gasteiger partial charge in [0.1, 0.15) is 12.0 Å². The first-order valence-electron chi connectivity index (χ1n) is 11.6. The first-order valence-corrected chi connectivity index (χ1v) is 13.4. The highest BCUT2D eigenvalue weighted by Crippen LogP contribution is 2.51. The lowest BCUT2D eigenvalue weighted by Gasteiger charge is -2.31. The average molecular weight is 525 g/mol. The highest BCUT2D eigenvalue weighted by atomic mass is 32.2. The Kier molecular flexibility index (Phi) is 6.90. The van der Waals surface area contributed by atoms with E-state index in [0.717, 1.165) is 37.9 Å². The molecule has 0 unspecified atom stereocenters. The number of nitrogens with one attached hydrogen (secondary N) is 1. The van der Waals surface area contributed by atoms with Crippen molar-refractivity contribution in [1.82, 2.24) is 10.3 Å². The van der Waals surface area contributed by atoms with Crippen molar-refractivity contribution >= 4 is 29.0 Å². The summed E-state index contributed by atoms with van der Waals surface area (Å²) < 4.78 is 40.0. The van der Waals surface area contributed by atoms with Crippen molar-refractivity contribution < 1.29 is 18.0 Å². The van der Waals surface area contributed by atoms with Gasteiger partial charge in [0.15, 0.2) is 4.34 Å². The predicted molar refractivity (Wildman–Crippen MR) is 139 cm³/mol. The Balaban J connectivity index is 1.37. The second-order valence-electron chi connectivity index (χ2n) is 8.61. The summed E-state index contributed by atoms with van der Waals surface area (Å²) in [6.45, 7) is -1.35. The van der Waals surface area contributed by atoms with Gasteiger partial charge in [0.2, 0.25) is 5.91 Å². The molecule has 3 nitrogen and oxygen atoms in total. The van der Waals surface area contributed by atoms with Gasteiger partial charge in [-0.15, -0.1) is 11.3 Å². The number of thiazole rings is 1. The molecule has 0 saturated carbocycles. The fraction of sp³-hybridized carbons (Fsp3) is 0.214. The molecular formula is C28H23F3N2OS2. The first kappa shape index (κ1) is 24.6. The van der Waals surface area contributed by atoms with Crippen LogP contribution in [-0.4, -0.2) is 29.4 Å². The molecule has 1 aliphatic rings. The number of halogens is 3. The van der Waals surface area contributed by atoms with E-state index in [1.54, 1.807) is 23.1 Å². The summed E-state index contributed by atoms with van der Waals surface area (Å²) in [6, 6.07) is 25.0. The van der Waals surface area contributed by atoms with Gasteiger partial charge < -0.3 is 5.32 Å². The molecule has 0 aliphatic heterocycles. The van der Waals surface area contributed by atoms with Gasteiger partial charge in [-0.05, 0) is 35.1 Å². The zero-order chi connectivity index (χ0) is 25.2. The van der Waals surface area contributed by atoms with Crippen molar-refractivity contribution in [2.24, 2.45) is 0 Å². The van der Waals surface area contributed by atoms with Crippen LogP contribution in [0.3, 0.4) is 0 Å². The average Bonchev–Trinajstić information content (AvgIpc) is 3.47. The quantitative estimate of drug-likeness (QED) is 0.194. The highest BCUT2D eigenvalue weighted by molar-refractivity contribution is 8.01. The predicted octanol–water partition coefficient (Wildman–Crippen LogP) is 7.33. The van der Waals surface area contributed by atoms with Crippen LogP contribution in [0.5, 0.6) is 0 Å². The minimum absolute atomic E-state index is 0.397. The summed E-state index contributed by atoms with van der Waals surface area (Å²) in [5, 5.41) is 4.21. The van der Waals surface area contributed by atoms with E-state index in [0.29, 0.717) is 18.6 Å². The molecule has 8 heteroatoms. The molecule has 0 atom stereocenters. The highest BCUT2D eigenvalue weighted by Gasteiger charge is 2.49. The molecule has 0 fully saturated rings.